The van der Waals surface area contributed by atoms with Gasteiger partial charge in [0.2, 0.25) is 0 Å². The van der Waals surface area contributed by atoms with Crippen LogP contribution in [0.4, 0.5) is 5.69 Å². The van der Waals surface area contributed by atoms with E-state index in [9.17, 15) is 4.79 Å². The summed E-state index contributed by atoms with van der Waals surface area (Å²) in [5.41, 5.74) is 1.11. The Hall–Kier alpha value is -1.75. The SMILES string of the molecule is CCOC(=O)C(C)N1CCN(c2ccccc2OC)CC1. The molecule has 5 heteroatoms. The quantitative estimate of drug-likeness (QED) is 0.774. The van der Waals surface area contributed by atoms with E-state index in [1.54, 1.807) is 7.11 Å². The van der Waals surface area contributed by atoms with E-state index in [-0.39, 0.29) is 12.0 Å². The molecule has 21 heavy (non-hydrogen) atoms. The largest absolute Gasteiger partial charge is 0.495 e. The van der Waals surface area contributed by atoms with E-state index in [0.717, 1.165) is 37.6 Å². The van der Waals surface area contributed by atoms with Gasteiger partial charge in [0.05, 0.1) is 19.4 Å². The lowest BCUT2D eigenvalue weighted by molar-refractivity contribution is -0.149. The molecule has 0 bridgehead atoms. The minimum atomic E-state index is -0.176. The molecule has 1 aromatic carbocycles. The number of rotatable bonds is 5. The average Bonchev–Trinajstić information content (AvgIpc) is 2.54. The number of esters is 1. The van der Waals surface area contributed by atoms with Crippen molar-refractivity contribution < 1.29 is 14.3 Å². The summed E-state index contributed by atoms with van der Waals surface area (Å²) in [6, 6.07) is 7.86. The minimum Gasteiger partial charge on any atom is -0.495 e. The highest BCUT2D eigenvalue weighted by Gasteiger charge is 2.27. The van der Waals surface area contributed by atoms with Crippen molar-refractivity contribution >= 4 is 11.7 Å². The monoisotopic (exact) mass is 292 g/mol. The third-order valence-electron chi connectivity index (χ3n) is 3.92. The Morgan fingerprint density at radius 3 is 2.52 bits per heavy atom. The van der Waals surface area contributed by atoms with E-state index in [0.29, 0.717) is 6.61 Å². The van der Waals surface area contributed by atoms with Gasteiger partial charge in [-0.15, -0.1) is 0 Å². The molecule has 0 aromatic heterocycles. The van der Waals surface area contributed by atoms with Crippen LogP contribution >= 0.6 is 0 Å². The van der Waals surface area contributed by atoms with Gasteiger partial charge in [-0.2, -0.15) is 0 Å². The van der Waals surface area contributed by atoms with E-state index >= 15 is 0 Å². The van der Waals surface area contributed by atoms with E-state index in [1.165, 1.54) is 0 Å². The van der Waals surface area contributed by atoms with Crippen molar-refractivity contribution in [1.82, 2.24) is 4.90 Å². The average molecular weight is 292 g/mol. The molecule has 0 amide bonds. The van der Waals surface area contributed by atoms with Crippen molar-refractivity contribution in [2.75, 3.05) is 44.8 Å². The van der Waals surface area contributed by atoms with Crippen LogP contribution in [0.3, 0.4) is 0 Å². The zero-order valence-corrected chi connectivity index (χ0v) is 13.0. The zero-order chi connectivity index (χ0) is 15.2. The third-order valence-corrected chi connectivity index (χ3v) is 3.92. The number of hydrogen-bond donors (Lipinski definition) is 0. The lowest BCUT2D eigenvalue weighted by Gasteiger charge is -2.38. The summed E-state index contributed by atoms with van der Waals surface area (Å²) in [6.45, 7) is 7.63. The highest BCUT2D eigenvalue weighted by atomic mass is 16.5. The van der Waals surface area contributed by atoms with Crippen LogP contribution in [-0.2, 0) is 9.53 Å². The number of benzene rings is 1. The van der Waals surface area contributed by atoms with Gasteiger partial charge in [-0.1, -0.05) is 12.1 Å². The lowest BCUT2D eigenvalue weighted by Crippen LogP contribution is -2.52. The molecule has 5 nitrogen and oxygen atoms in total. The summed E-state index contributed by atoms with van der Waals surface area (Å²) in [5, 5.41) is 0. The molecule has 1 heterocycles. The first-order chi connectivity index (χ1) is 10.2. The molecule has 1 saturated heterocycles. The zero-order valence-electron chi connectivity index (χ0n) is 13.0. The fourth-order valence-electron chi connectivity index (χ4n) is 2.65. The summed E-state index contributed by atoms with van der Waals surface area (Å²) < 4.78 is 10.5. The van der Waals surface area contributed by atoms with Gasteiger partial charge in [0.15, 0.2) is 0 Å². The maximum atomic E-state index is 11.8. The molecule has 1 aromatic rings. The van der Waals surface area contributed by atoms with Crippen molar-refractivity contribution in [3.05, 3.63) is 24.3 Å². The molecule has 1 unspecified atom stereocenters. The number of carbonyl (C=O) groups is 1. The first kappa shape index (κ1) is 15.6. The van der Waals surface area contributed by atoms with Gasteiger partial charge < -0.3 is 14.4 Å². The number of nitrogens with zero attached hydrogens (tertiary/aromatic N) is 2. The van der Waals surface area contributed by atoms with Gasteiger partial charge in [-0.25, -0.2) is 0 Å². The van der Waals surface area contributed by atoms with E-state index < -0.39 is 0 Å². The molecule has 0 N–H and O–H groups in total. The van der Waals surface area contributed by atoms with Crippen LogP contribution in [0, 0.1) is 0 Å². The maximum Gasteiger partial charge on any atom is 0.323 e. The third kappa shape index (κ3) is 3.67. The highest BCUT2D eigenvalue weighted by molar-refractivity contribution is 5.75. The molecule has 1 fully saturated rings. The summed E-state index contributed by atoms with van der Waals surface area (Å²) in [5.74, 6) is 0.757. The second-order valence-corrected chi connectivity index (χ2v) is 5.12. The Morgan fingerprint density at radius 1 is 1.24 bits per heavy atom. The van der Waals surface area contributed by atoms with Crippen molar-refractivity contribution in [2.24, 2.45) is 0 Å². The van der Waals surface area contributed by atoms with Gasteiger partial charge in [-0.3, -0.25) is 9.69 Å². The predicted octanol–water partition coefficient (Wildman–Crippen LogP) is 1.77. The highest BCUT2D eigenvalue weighted by Crippen LogP contribution is 2.28. The number of para-hydroxylation sites is 2. The molecular formula is C16H24N2O3. The van der Waals surface area contributed by atoms with Crippen LogP contribution in [0.25, 0.3) is 0 Å². The van der Waals surface area contributed by atoms with Crippen molar-refractivity contribution in [3.63, 3.8) is 0 Å². The smallest absolute Gasteiger partial charge is 0.323 e. The van der Waals surface area contributed by atoms with Crippen molar-refractivity contribution in [2.45, 2.75) is 19.9 Å². The molecule has 1 aliphatic heterocycles. The number of hydrogen-bond acceptors (Lipinski definition) is 5. The topological polar surface area (TPSA) is 42.0 Å². The second kappa shape index (κ2) is 7.31. The van der Waals surface area contributed by atoms with E-state index in [2.05, 4.69) is 15.9 Å². The molecule has 2 rings (SSSR count). The molecule has 1 atom stereocenters. The van der Waals surface area contributed by atoms with Crippen molar-refractivity contribution in [1.29, 1.82) is 0 Å². The second-order valence-electron chi connectivity index (χ2n) is 5.12. The number of anilines is 1. The Labute approximate surface area is 126 Å². The number of piperazine rings is 1. The summed E-state index contributed by atoms with van der Waals surface area (Å²) in [4.78, 5) is 16.3. The predicted molar refractivity (Wildman–Crippen MR) is 82.9 cm³/mol. The Morgan fingerprint density at radius 2 is 1.90 bits per heavy atom. The van der Waals surface area contributed by atoms with E-state index in [1.807, 2.05) is 32.0 Å². The van der Waals surface area contributed by atoms with Gasteiger partial charge in [0.1, 0.15) is 11.8 Å². The molecule has 116 valence electrons. The summed E-state index contributed by atoms with van der Waals surface area (Å²) in [6.07, 6.45) is 0. The molecular weight excluding hydrogens is 268 g/mol. The Balaban J connectivity index is 1.95. The Bertz CT molecular complexity index is 470. The van der Waals surface area contributed by atoms with Gasteiger partial charge >= 0.3 is 5.97 Å². The van der Waals surface area contributed by atoms with Crippen molar-refractivity contribution in [3.8, 4) is 5.75 Å². The van der Waals surface area contributed by atoms with Crippen LogP contribution in [0.1, 0.15) is 13.8 Å². The summed E-state index contributed by atoms with van der Waals surface area (Å²) in [7, 11) is 1.69. The lowest BCUT2D eigenvalue weighted by atomic mass is 10.2. The van der Waals surface area contributed by atoms with Crippen LogP contribution < -0.4 is 9.64 Å². The van der Waals surface area contributed by atoms with Gasteiger partial charge in [0.25, 0.3) is 0 Å². The standard InChI is InChI=1S/C16H24N2O3/c1-4-21-16(19)13(2)17-9-11-18(12-10-17)14-7-5-6-8-15(14)20-3/h5-8,13H,4,9-12H2,1-3H3. The molecule has 1 aliphatic rings. The first-order valence-electron chi connectivity index (χ1n) is 7.46. The number of methoxy groups -OCH3 is 1. The first-order valence-corrected chi connectivity index (χ1v) is 7.46. The molecule has 0 saturated carbocycles. The van der Waals surface area contributed by atoms with E-state index in [4.69, 9.17) is 9.47 Å². The maximum absolute atomic E-state index is 11.8. The fraction of sp³-hybridized carbons (Fsp3) is 0.562. The van der Waals surface area contributed by atoms with Crippen LogP contribution in [0.15, 0.2) is 24.3 Å². The number of ether oxygens (including phenoxy) is 2. The van der Waals surface area contributed by atoms with Gasteiger partial charge in [0, 0.05) is 26.2 Å². The van der Waals surface area contributed by atoms with Crippen LogP contribution in [-0.4, -0.2) is 56.8 Å². The minimum absolute atomic E-state index is 0.136. The molecule has 0 spiro atoms. The summed E-state index contributed by atoms with van der Waals surface area (Å²) >= 11 is 0. The molecule has 0 aliphatic carbocycles. The Kier molecular flexibility index (Phi) is 5.44. The van der Waals surface area contributed by atoms with Crippen LogP contribution in [0.2, 0.25) is 0 Å². The number of carbonyl (C=O) groups excluding carboxylic acids is 1. The van der Waals surface area contributed by atoms with Crippen LogP contribution in [0.5, 0.6) is 5.75 Å². The molecule has 0 radical (unpaired) electrons. The van der Waals surface area contributed by atoms with Gasteiger partial charge in [-0.05, 0) is 26.0 Å². The normalized spacial score (nSPS) is 17.4. The fourth-order valence-corrected chi connectivity index (χ4v) is 2.65.